The highest BCUT2D eigenvalue weighted by atomic mass is 16.4. The summed E-state index contributed by atoms with van der Waals surface area (Å²) in [6.45, 7) is 0. The van der Waals surface area contributed by atoms with Gasteiger partial charge >= 0.3 is 5.97 Å². The van der Waals surface area contributed by atoms with Crippen molar-refractivity contribution < 1.29 is 9.90 Å². The smallest absolute Gasteiger partial charge is 0.360 e. The van der Waals surface area contributed by atoms with Crippen molar-refractivity contribution >= 4 is 5.97 Å². The van der Waals surface area contributed by atoms with Crippen LogP contribution >= 0.6 is 0 Å². The van der Waals surface area contributed by atoms with Crippen LogP contribution in [0.3, 0.4) is 0 Å². The zero-order valence-electron chi connectivity index (χ0n) is 8.20. The molecular weight excluding hydrogens is 208 g/mol. The molecule has 0 amide bonds. The van der Waals surface area contributed by atoms with Crippen LogP contribution in [-0.2, 0) is 0 Å². The molecule has 1 aromatic heterocycles. The molecule has 0 aliphatic carbocycles. The summed E-state index contributed by atoms with van der Waals surface area (Å²) < 4.78 is 1.25. The number of carboxylic acids is 1. The molecule has 0 bridgehead atoms. The maximum absolute atomic E-state index is 11.7. The van der Waals surface area contributed by atoms with Gasteiger partial charge in [0.05, 0.1) is 0 Å². The number of carboxylic acid groups (broad SMARTS) is 1. The molecule has 0 unspecified atom stereocenters. The van der Waals surface area contributed by atoms with Crippen molar-refractivity contribution in [1.29, 1.82) is 0 Å². The van der Waals surface area contributed by atoms with Crippen molar-refractivity contribution in [2.45, 2.75) is 0 Å². The highest BCUT2D eigenvalue weighted by molar-refractivity contribution is 5.84. The van der Waals surface area contributed by atoms with Crippen molar-refractivity contribution in [2.24, 2.45) is 0 Å². The molecule has 0 atom stereocenters. The summed E-state index contributed by atoms with van der Waals surface area (Å²) in [5.41, 5.74) is -0.509. The third-order valence-corrected chi connectivity index (χ3v) is 2.08. The van der Waals surface area contributed by atoms with E-state index >= 15 is 0 Å². The first-order valence-electron chi connectivity index (χ1n) is 4.56. The van der Waals surface area contributed by atoms with Gasteiger partial charge in [-0.1, -0.05) is 18.2 Å². The van der Waals surface area contributed by atoms with Crippen molar-refractivity contribution in [1.82, 2.24) is 9.55 Å². The number of benzene rings is 1. The first kappa shape index (κ1) is 10.1. The van der Waals surface area contributed by atoms with Gasteiger partial charge in [-0.3, -0.25) is 9.36 Å². The van der Waals surface area contributed by atoms with Gasteiger partial charge in [0, 0.05) is 18.1 Å². The molecule has 2 rings (SSSR count). The van der Waals surface area contributed by atoms with Crippen molar-refractivity contribution in [3.8, 4) is 5.69 Å². The van der Waals surface area contributed by atoms with E-state index in [1.165, 1.54) is 17.0 Å². The Kier molecular flexibility index (Phi) is 2.51. The van der Waals surface area contributed by atoms with E-state index in [2.05, 4.69) is 4.98 Å². The standard InChI is InChI=1S/C11H8N2O3/c14-10-9(11(15)16)12-6-7-13(10)8-4-2-1-3-5-8/h1-7H,(H,15,16). The Morgan fingerprint density at radius 2 is 1.94 bits per heavy atom. The summed E-state index contributed by atoms with van der Waals surface area (Å²) in [6, 6.07) is 8.78. The molecular formula is C11H8N2O3. The SMILES string of the molecule is O=C(O)c1nccn(-c2ccccc2)c1=O. The van der Waals surface area contributed by atoms with E-state index in [-0.39, 0.29) is 0 Å². The summed E-state index contributed by atoms with van der Waals surface area (Å²) >= 11 is 0. The van der Waals surface area contributed by atoms with E-state index in [0.29, 0.717) is 5.69 Å². The third kappa shape index (κ3) is 1.70. The Morgan fingerprint density at radius 3 is 2.56 bits per heavy atom. The highest BCUT2D eigenvalue weighted by Gasteiger charge is 2.12. The van der Waals surface area contributed by atoms with Gasteiger partial charge in [-0.25, -0.2) is 9.78 Å². The number of hydrogen-bond acceptors (Lipinski definition) is 3. The Hall–Kier alpha value is -2.43. The maximum atomic E-state index is 11.7. The summed E-state index contributed by atoms with van der Waals surface area (Å²) in [7, 11) is 0. The molecule has 1 heterocycles. The molecule has 0 aliphatic heterocycles. The first-order valence-corrected chi connectivity index (χ1v) is 4.56. The number of nitrogens with zero attached hydrogens (tertiary/aromatic N) is 2. The first-order chi connectivity index (χ1) is 7.70. The average molecular weight is 216 g/mol. The van der Waals surface area contributed by atoms with Crippen LogP contribution in [0.2, 0.25) is 0 Å². The van der Waals surface area contributed by atoms with E-state index < -0.39 is 17.2 Å². The van der Waals surface area contributed by atoms with Gasteiger partial charge in [-0.2, -0.15) is 0 Å². The van der Waals surface area contributed by atoms with Gasteiger partial charge < -0.3 is 5.11 Å². The number of hydrogen-bond donors (Lipinski definition) is 1. The second kappa shape index (κ2) is 3.98. The zero-order valence-corrected chi connectivity index (χ0v) is 8.20. The van der Waals surface area contributed by atoms with Gasteiger partial charge in [0.2, 0.25) is 5.69 Å². The van der Waals surface area contributed by atoms with Crippen molar-refractivity contribution in [2.75, 3.05) is 0 Å². The summed E-state index contributed by atoms with van der Waals surface area (Å²) in [4.78, 5) is 26.0. The van der Waals surface area contributed by atoms with E-state index in [1.54, 1.807) is 24.3 Å². The van der Waals surface area contributed by atoms with Crippen LogP contribution in [0.4, 0.5) is 0 Å². The number of aromatic nitrogens is 2. The second-order valence-corrected chi connectivity index (χ2v) is 3.09. The lowest BCUT2D eigenvalue weighted by Crippen LogP contribution is -2.26. The Labute approximate surface area is 90.6 Å². The van der Waals surface area contributed by atoms with Crippen LogP contribution < -0.4 is 5.56 Å². The highest BCUT2D eigenvalue weighted by Crippen LogP contribution is 2.03. The minimum absolute atomic E-state index is 0.480. The summed E-state index contributed by atoms with van der Waals surface area (Å²) in [5, 5.41) is 8.76. The third-order valence-electron chi connectivity index (χ3n) is 2.08. The van der Waals surface area contributed by atoms with Crippen LogP contribution in [0, 0.1) is 0 Å². The molecule has 1 aromatic carbocycles. The van der Waals surface area contributed by atoms with Gasteiger partial charge in [-0.05, 0) is 12.1 Å². The van der Waals surface area contributed by atoms with Crippen LogP contribution in [0.5, 0.6) is 0 Å². The van der Waals surface area contributed by atoms with E-state index in [4.69, 9.17) is 5.11 Å². The van der Waals surface area contributed by atoms with Crippen molar-refractivity contribution in [3.05, 3.63) is 58.8 Å². The normalized spacial score (nSPS) is 10.0. The molecule has 0 fully saturated rings. The largest absolute Gasteiger partial charge is 0.476 e. The van der Waals surface area contributed by atoms with Crippen LogP contribution in [-0.4, -0.2) is 20.6 Å². The topological polar surface area (TPSA) is 72.2 Å². The molecule has 0 saturated heterocycles. The van der Waals surface area contributed by atoms with Crippen LogP contribution in [0.15, 0.2) is 47.5 Å². The lowest BCUT2D eigenvalue weighted by atomic mass is 10.3. The molecule has 80 valence electrons. The Morgan fingerprint density at radius 1 is 1.25 bits per heavy atom. The molecule has 16 heavy (non-hydrogen) atoms. The molecule has 0 aliphatic rings. The fraction of sp³-hybridized carbons (Fsp3) is 0. The van der Waals surface area contributed by atoms with E-state index in [0.717, 1.165) is 0 Å². The predicted molar refractivity (Wildman–Crippen MR) is 56.8 cm³/mol. The second-order valence-electron chi connectivity index (χ2n) is 3.09. The monoisotopic (exact) mass is 216 g/mol. The molecule has 5 heteroatoms. The fourth-order valence-electron chi connectivity index (χ4n) is 1.35. The molecule has 5 nitrogen and oxygen atoms in total. The van der Waals surface area contributed by atoms with Crippen LogP contribution in [0.25, 0.3) is 5.69 Å². The Bertz CT molecular complexity index is 575. The predicted octanol–water partition coefficient (Wildman–Crippen LogP) is 0.931. The minimum atomic E-state index is -1.32. The van der Waals surface area contributed by atoms with Crippen LogP contribution in [0.1, 0.15) is 10.5 Å². The average Bonchev–Trinajstić information content (AvgIpc) is 2.30. The summed E-state index contributed by atoms with van der Waals surface area (Å²) in [6.07, 6.45) is 2.72. The molecule has 2 aromatic rings. The summed E-state index contributed by atoms with van der Waals surface area (Å²) in [5.74, 6) is -1.32. The zero-order chi connectivity index (χ0) is 11.5. The lowest BCUT2D eigenvalue weighted by molar-refractivity contribution is 0.0688. The number of carbonyl (C=O) groups is 1. The van der Waals surface area contributed by atoms with Crippen molar-refractivity contribution in [3.63, 3.8) is 0 Å². The molecule has 0 radical (unpaired) electrons. The molecule has 1 N–H and O–H groups in total. The lowest BCUT2D eigenvalue weighted by Gasteiger charge is -2.04. The van der Waals surface area contributed by atoms with E-state index in [1.807, 2.05) is 6.07 Å². The number of rotatable bonds is 2. The van der Waals surface area contributed by atoms with Gasteiger partial charge in [0.1, 0.15) is 0 Å². The number of aromatic carboxylic acids is 1. The Balaban J connectivity index is 2.64. The van der Waals surface area contributed by atoms with Gasteiger partial charge in [-0.15, -0.1) is 0 Å². The van der Waals surface area contributed by atoms with Gasteiger partial charge in [0.25, 0.3) is 5.56 Å². The minimum Gasteiger partial charge on any atom is -0.476 e. The van der Waals surface area contributed by atoms with Gasteiger partial charge in [0.15, 0.2) is 0 Å². The molecule has 0 spiro atoms. The molecule has 0 saturated carbocycles. The maximum Gasteiger partial charge on any atom is 0.360 e. The fourth-order valence-corrected chi connectivity index (χ4v) is 1.35. The quantitative estimate of drug-likeness (QED) is 0.810. The number of para-hydroxylation sites is 1. The van der Waals surface area contributed by atoms with E-state index in [9.17, 15) is 9.59 Å².